The standard InChI is InChI=1S/C28H41N3.ClH/c1-5-6-7-8-9-10-11-12-13-15-22-17-18-23(30-22)20-24-21-25(28(2,3)4)27(31-24)26-16-14-19-29-26;/h14,16-21,29-30H,5-13,15H2,1-4H3;1H/b24-20+;. The largest absolute Gasteiger partial charge is 0.360 e. The molecule has 1 aliphatic heterocycles. The summed E-state index contributed by atoms with van der Waals surface area (Å²) in [6, 6.07) is 8.54. The number of aromatic nitrogens is 2. The Morgan fingerprint density at radius 2 is 1.59 bits per heavy atom. The molecule has 3 nitrogen and oxygen atoms in total. The van der Waals surface area contributed by atoms with E-state index in [1.165, 1.54) is 69.1 Å². The Kier molecular flexibility index (Phi) is 10.6. The summed E-state index contributed by atoms with van der Waals surface area (Å²) in [6.07, 6.45) is 19.9. The van der Waals surface area contributed by atoms with Gasteiger partial charge in [0.1, 0.15) is 0 Å². The first-order chi connectivity index (χ1) is 15.0. The predicted molar refractivity (Wildman–Crippen MR) is 142 cm³/mol. The number of rotatable bonds is 12. The van der Waals surface area contributed by atoms with Crippen LogP contribution in [0.25, 0.3) is 6.08 Å². The molecular weight excluding hydrogens is 414 g/mol. The molecule has 0 aromatic carbocycles. The zero-order chi connectivity index (χ0) is 22.1. The SMILES string of the molecule is CCCCCCCCCCCc1ccc(/C=C2\C=C(C(C)(C)C)C(c3ccc[nH]3)=N2)[nH]1.Cl. The van der Waals surface area contributed by atoms with E-state index in [1.807, 2.05) is 12.3 Å². The normalized spacial score (nSPS) is 15.1. The molecule has 0 fully saturated rings. The van der Waals surface area contributed by atoms with Crippen LogP contribution in [0.15, 0.2) is 52.8 Å². The smallest absolute Gasteiger partial charge is 0.0909 e. The molecule has 2 aromatic heterocycles. The Bertz CT molecular complexity index is 892. The molecule has 4 heteroatoms. The van der Waals surface area contributed by atoms with Crippen molar-refractivity contribution in [2.24, 2.45) is 10.4 Å². The molecule has 0 unspecified atom stereocenters. The van der Waals surface area contributed by atoms with Crippen LogP contribution >= 0.6 is 12.4 Å². The Labute approximate surface area is 201 Å². The highest BCUT2D eigenvalue weighted by Gasteiger charge is 2.27. The van der Waals surface area contributed by atoms with Crippen molar-refractivity contribution in [2.45, 2.75) is 91.9 Å². The van der Waals surface area contributed by atoms with Gasteiger partial charge in [0.25, 0.3) is 0 Å². The highest BCUT2D eigenvalue weighted by molar-refractivity contribution is 6.15. The molecule has 0 amide bonds. The highest BCUT2D eigenvalue weighted by Crippen LogP contribution is 2.34. The van der Waals surface area contributed by atoms with Gasteiger partial charge >= 0.3 is 0 Å². The molecule has 3 heterocycles. The van der Waals surface area contributed by atoms with Gasteiger partial charge in [-0.2, -0.15) is 0 Å². The second-order valence-electron chi connectivity index (χ2n) is 9.94. The van der Waals surface area contributed by atoms with Gasteiger partial charge in [0.05, 0.1) is 17.1 Å². The Balaban J connectivity index is 0.00000363. The minimum absolute atomic E-state index is 0. The minimum atomic E-state index is 0. The maximum atomic E-state index is 4.94. The second-order valence-corrected chi connectivity index (χ2v) is 9.94. The van der Waals surface area contributed by atoms with E-state index < -0.39 is 0 Å². The highest BCUT2D eigenvalue weighted by atomic mass is 35.5. The Morgan fingerprint density at radius 1 is 0.906 bits per heavy atom. The van der Waals surface area contributed by atoms with Gasteiger partial charge in [-0.1, -0.05) is 79.1 Å². The molecule has 0 saturated heterocycles. The summed E-state index contributed by atoms with van der Waals surface area (Å²) in [5, 5.41) is 0. The third-order valence-electron chi connectivity index (χ3n) is 6.07. The summed E-state index contributed by atoms with van der Waals surface area (Å²) in [5.41, 5.74) is 6.97. The van der Waals surface area contributed by atoms with Crippen LogP contribution < -0.4 is 0 Å². The molecule has 3 rings (SSSR count). The van der Waals surface area contributed by atoms with E-state index in [1.54, 1.807) is 0 Å². The lowest BCUT2D eigenvalue weighted by molar-refractivity contribution is 0.526. The summed E-state index contributed by atoms with van der Waals surface area (Å²) >= 11 is 0. The lowest BCUT2D eigenvalue weighted by Gasteiger charge is -2.21. The van der Waals surface area contributed by atoms with E-state index in [2.05, 4.69) is 68.0 Å². The van der Waals surface area contributed by atoms with Crippen LogP contribution in [0, 0.1) is 5.41 Å². The number of aliphatic imine (C=N–C) groups is 1. The number of halogens is 1. The van der Waals surface area contributed by atoms with Gasteiger partial charge in [-0.25, -0.2) is 4.99 Å². The van der Waals surface area contributed by atoms with E-state index in [0.29, 0.717) is 0 Å². The fourth-order valence-electron chi connectivity index (χ4n) is 4.24. The quantitative estimate of drug-likeness (QED) is 0.300. The zero-order valence-corrected chi connectivity index (χ0v) is 21.3. The number of unbranched alkanes of at least 4 members (excludes halogenated alkanes) is 8. The van der Waals surface area contributed by atoms with Gasteiger partial charge in [0, 0.05) is 17.6 Å². The summed E-state index contributed by atoms with van der Waals surface area (Å²) in [6.45, 7) is 9.03. The van der Waals surface area contributed by atoms with Crippen LogP contribution in [0.3, 0.4) is 0 Å². The number of hydrogen-bond acceptors (Lipinski definition) is 1. The summed E-state index contributed by atoms with van der Waals surface area (Å²) in [5.74, 6) is 0. The van der Waals surface area contributed by atoms with E-state index in [9.17, 15) is 0 Å². The Morgan fingerprint density at radius 3 is 2.22 bits per heavy atom. The first kappa shape index (κ1) is 26.3. The van der Waals surface area contributed by atoms with Crippen LogP contribution in [0.5, 0.6) is 0 Å². The van der Waals surface area contributed by atoms with Crippen molar-refractivity contribution in [3.05, 3.63) is 64.9 Å². The van der Waals surface area contributed by atoms with Gasteiger partial charge in [0.2, 0.25) is 0 Å². The fourth-order valence-corrected chi connectivity index (χ4v) is 4.24. The molecule has 176 valence electrons. The number of allylic oxidation sites excluding steroid dienone is 2. The number of nitrogens with one attached hydrogen (secondary N) is 2. The molecule has 0 atom stereocenters. The van der Waals surface area contributed by atoms with Crippen molar-refractivity contribution in [1.29, 1.82) is 0 Å². The molecule has 0 radical (unpaired) electrons. The lowest BCUT2D eigenvalue weighted by atomic mass is 9.83. The van der Waals surface area contributed by atoms with Crippen molar-refractivity contribution < 1.29 is 0 Å². The first-order valence-corrected chi connectivity index (χ1v) is 12.3. The first-order valence-electron chi connectivity index (χ1n) is 12.3. The van der Waals surface area contributed by atoms with Gasteiger partial charge in [0.15, 0.2) is 0 Å². The number of hydrogen-bond donors (Lipinski definition) is 2. The van der Waals surface area contributed by atoms with Crippen molar-refractivity contribution in [2.75, 3.05) is 0 Å². The van der Waals surface area contributed by atoms with Crippen molar-refractivity contribution in [1.82, 2.24) is 9.97 Å². The third-order valence-corrected chi connectivity index (χ3v) is 6.07. The van der Waals surface area contributed by atoms with Crippen LogP contribution in [0.4, 0.5) is 0 Å². The monoisotopic (exact) mass is 455 g/mol. The van der Waals surface area contributed by atoms with Gasteiger partial charge in [-0.3, -0.25) is 0 Å². The summed E-state index contributed by atoms with van der Waals surface area (Å²) in [7, 11) is 0. The predicted octanol–water partition coefficient (Wildman–Crippen LogP) is 8.65. The van der Waals surface area contributed by atoms with E-state index in [-0.39, 0.29) is 17.8 Å². The molecule has 32 heavy (non-hydrogen) atoms. The molecule has 0 spiro atoms. The molecule has 2 N–H and O–H groups in total. The van der Waals surface area contributed by atoms with Crippen LogP contribution in [-0.4, -0.2) is 15.7 Å². The number of aromatic amines is 2. The molecule has 0 saturated carbocycles. The number of H-pyrrole nitrogens is 2. The molecule has 0 aliphatic carbocycles. The van der Waals surface area contributed by atoms with E-state index in [4.69, 9.17) is 4.99 Å². The Hall–Kier alpha value is -2.00. The molecule has 0 bridgehead atoms. The van der Waals surface area contributed by atoms with Gasteiger partial charge < -0.3 is 9.97 Å². The van der Waals surface area contributed by atoms with Gasteiger partial charge in [-0.05, 0) is 60.2 Å². The second kappa shape index (κ2) is 12.9. The maximum absolute atomic E-state index is 4.94. The lowest BCUT2D eigenvalue weighted by Crippen LogP contribution is -2.17. The number of aryl methyl sites for hydroxylation is 1. The maximum Gasteiger partial charge on any atom is 0.0909 e. The van der Waals surface area contributed by atoms with E-state index >= 15 is 0 Å². The number of nitrogens with zero attached hydrogens (tertiary/aromatic N) is 1. The van der Waals surface area contributed by atoms with Crippen molar-refractivity contribution >= 4 is 24.2 Å². The summed E-state index contributed by atoms with van der Waals surface area (Å²) < 4.78 is 0. The third kappa shape index (κ3) is 7.85. The van der Waals surface area contributed by atoms with Crippen LogP contribution in [0.2, 0.25) is 0 Å². The van der Waals surface area contributed by atoms with Crippen LogP contribution in [-0.2, 0) is 6.42 Å². The van der Waals surface area contributed by atoms with Crippen molar-refractivity contribution in [3.63, 3.8) is 0 Å². The minimum Gasteiger partial charge on any atom is -0.360 e. The molecule has 2 aromatic rings. The summed E-state index contributed by atoms with van der Waals surface area (Å²) in [4.78, 5) is 11.8. The molecule has 1 aliphatic rings. The molecular formula is C28H42ClN3. The fraction of sp³-hybridized carbons (Fsp3) is 0.536. The average Bonchev–Trinajstić information content (AvgIpc) is 3.47. The average molecular weight is 456 g/mol. The topological polar surface area (TPSA) is 43.9 Å². The van der Waals surface area contributed by atoms with Gasteiger partial charge in [-0.15, -0.1) is 12.4 Å². The van der Waals surface area contributed by atoms with Crippen molar-refractivity contribution in [3.8, 4) is 0 Å². The van der Waals surface area contributed by atoms with Crippen LogP contribution in [0.1, 0.15) is 103 Å². The zero-order valence-electron chi connectivity index (χ0n) is 20.5. The van der Waals surface area contributed by atoms with E-state index in [0.717, 1.165) is 29.2 Å².